The molecule has 1 aliphatic carbocycles. The lowest BCUT2D eigenvalue weighted by Gasteiger charge is -2.45. The number of carbonyl (C=O) groups is 1. The Balaban J connectivity index is 1.35. The van der Waals surface area contributed by atoms with Gasteiger partial charge in [-0.2, -0.15) is 4.98 Å². The summed E-state index contributed by atoms with van der Waals surface area (Å²) in [6.07, 6.45) is 5.17. The van der Waals surface area contributed by atoms with E-state index in [0.29, 0.717) is 23.3 Å². The van der Waals surface area contributed by atoms with Crippen LogP contribution >= 0.6 is 11.6 Å². The lowest BCUT2D eigenvalue weighted by Crippen LogP contribution is -2.44. The molecule has 2 N–H and O–H groups in total. The highest BCUT2D eigenvalue weighted by Gasteiger charge is 2.42. The Hall–Kier alpha value is -3.16. The summed E-state index contributed by atoms with van der Waals surface area (Å²) in [5.74, 6) is 0.222. The Morgan fingerprint density at radius 2 is 1.97 bits per heavy atom. The zero-order valence-electron chi connectivity index (χ0n) is 21.5. The van der Waals surface area contributed by atoms with Gasteiger partial charge < -0.3 is 20.2 Å². The van der Waals surface area contributed by atoms with Crippen LogP contribution in [0.25, 0.3) is 0 Å². The van der Waals surface area contributed by atoms with Gasteiger partial charge in [-0.1, -0.05) is 43.6 Å². The molecular weight excluding hydrogens is 486 g/mol. The third kappa shape index (κ3) is 4.14. The number of fused-ring (bicyclic) bond motifs is 1. The number of hydrogen-bond acceptors (Lipinski definition) is 6. The number of likely N-dealkylation sites (N-methyl/N-ethyl adjacent to an activating group) is 1. The molecule has 0 saturated heterocycles. The molecule has 2 atom stereocenters. The average Bonchev–Trinajstić information content (AvgIpc) is 3.11. The molecule has 8 heteroatoms. The molecule has 0 radical (unpaired) electrons. The minimum Gasteiger partial charge on any atom is -0.481 e. The predicted octanol–water partition coefficient (Wildman–Crippen LogP) is 5.80. The summed E-state index contributed by atoms with van der Waals surface area (Å²) in [7, 11) is 2.20. The second-order valence-corrected chi connectivity index (χ2v) is 11.9. The second kappa shape index (κ2) is 8.71. The highest BCUT2D eigenvalue weighted by molar-refractivity contribution is 6.33. The first-order valence-corrected chi connectivity index (χ1v) is 13.3. The quantitative estimate of drug-likeness (QED) is 0.442. The van der Waals surface area contributed by atoms with E-state index in [1.807, 2.05) is 36.1 Å². The predicted molar refractivity (Wildman–Crippen MR) is 146 cm³/mol. The lowest BCUT2D eigenvalue weighted by molar-refractivity contribution is -0.138. The van der Waals surface area contributed by atoms with Crippen molar-refractivity contribution in [2.75, 3.05) is 30.4 Å². The number of aliphatic carboxylic acids is 1. The van der Waals surface area contributed by atoms with E-state index in [4.69, 9.17) is 16.6 Å². The number of halogens is 1. The first kappa shape index (κ1) is 24.2. The number of hydrogen-bond donors (Lipinski definition) is 2. The van der Waals surface area contributed by atoms with Gasteiger partial charge in [-0.05, 0) is 66.8 Å². The maximum Gasteiger partial charge on any atom is 0.304 e. The van der Waals surface area contributed by atoms with Gasteiger partial charge >= 0.3 is 5.97 Å². The van der Waals surface area contributed by atoms with Gasteiger partial charge in [-0.3, -0.25) is 4.79 Å². The van der Waals surface area contributed by atoms with Crippen molar-refractivity contribution in [1.82, 2.24) is 14.9 Å². The van der Waals surface area contributed by atoms with Gasteiger partial charge in [0, 0.05) is 41.8 Å². The van der Waals surface area contributed by atoms with Crippen molar-refractivity contribution in [3.63, 3.8) is 0 Å². The third-order valence-electron chi connectivity index (χ3n) is 8.27. The summed E-state index contributed by atoms with van der Waals surface area (Å²) in [6, 6.07) is 12.4. The molecular formula is C29H32ClN5O2. The number of carboxylic acid groups (broad SMARTS) is 1. The van der Waals surface area contributed by atoms with Crippen molar-refractivity contribution in [3.05, 3.63) is 69.9 Å². The van der Waals surface area contributed by atoms with E-state index in [-0.39, 0.29) is 11.8 Å². The topological polar surface area (TPSA) is 81.6 Å². The van der Waals surface area contributed by atoms with E-state index < -0.39 is 11.4 Å². The molecule has 1 aromatic heterocycles. The largest absolute Gasteiger partial charge is 0.481 e. The minimum absolute atomic E-state index is 0.0274. The number of anilines is 4. The summed E-state index contributed by atoms with van der Waals surface area (Å²) < 4.78 is 0. The van der Waals surface area contributed by atoms with E-state index in [0.717, 1.165) is 36.4 Å². The van der Waals surface area contributed by atoms with Crippen LogP contribution in [0.5, 0.6) is 0 Å². The van der Waals surface area contributed by atoms with Crippen LogP contribution in [0, 0.1) is 0 Å². The maximum atomic E-state index is 11.7. The summed E-state index contributed by atoms with van der Waals surface area (Å²) in [6.45, 7) is 6.90. The van der Waals surface area contributed by atoms with Gasteiger partial charge in [-0.15, -0.1) is 0 Å². The van der Waals surface area contributed by atoms with Crippen LogP contribution in [-0.2, 0) is 28.6 Å². The zero-order chi connectivity index (χ0) is 25.9. The lowest BCUT2D eigenvalue weighted by atomic mass is 9.67. The number of nitrogens with zero attached hydrogens (tertiary/aromatic N) is 4. The highest BCUT2D eigenvalue weighted by atomic mass is 35.5. The van der Waals surface area contributed by atoms with Gasteiger partial charge in [0.25, 0.3) is 0 Å². The van der Waals surface area contributed by atoms with Gasteiger partial charge in [-0.25, -0.2) is 4.98 Å². The van der Waals surface area contributed by atoms with Crippen molar-refractivity contribution < 1.29 is 9.90 Å². The average molecular weight is 518 g/mol. The molecule has 7 nitrogen and oxygen atoms in total. The van der Waals surface area contributed by atoms with Crippen LogP contribution in [-0.4, -0.2) is 46.1 Å². The smallest absolute Gasteiger partial charge is 0.304 e. The molecule has 0 fully saturated rings. The maximum absolute atomic E-state index is 11.7. The number of benzene rings is 2. The van der Waals surface area contributed by atoms with Gasteiger partial charge in [0.05, 0.1) is 12.6 Å². The van der Waals surface area contributed by atoms with Crippen molar-refractivity contribution in [2.45, 2.75) is 56.9 Å². The summed E-state index contributed by atoms with van der Waals surface area (Å²) in [5, 5.41) is 13.5. The van der Waals surface area contributed by atoms with Crippen LogP contribution < -0.4 is 10.2 Å². The van der Waals surface area contributed by atoms with Crippen molar-refractivity contribution in [2.24, 2.45) is 0 Å². The standard InChI is InChI=1S/C29H32ClN5O2/c1-28-10-6-7-18-11-20(12-19(25(18)28)15-34(3)16-28)32-27-31-14-22(30)26(33-27)35-17-29(2,13-24(36)37)21-8-4-5-9-23(21)35/h4-5,8-9,11-12,14H,6-7,10,13,15-17H2,1-3H3,(H,36,37)(H,31,32,33). The van der Waals surface area contributed by atoms with E-state index in [9.17, 15) is 9.90 Å². The fourth-order valence-corrected chi connectivity index (χ4v) is 7.17. The SMILES string of the molecule is CN1Cc2cc(Nc3ncc(Cl)c(N4CC(C)(CC(=O)O)c5ccccc54)n3)cc3c2C(C)(CCC3)C1. The monoisotopic (exact) mass is 517 g/mol. The van der Waals surface area contributed by atoms with Crippen LogP contribution in [0.1, 0.15) is 55.4 Å². The van der Waals surface area contributed by atoms with Crippen LogP contribution in [0.3, 0.4) is 0 Å². The molecule has 6 rings (SSSR count). The Kier molecular flexibility index (Phi) is 5.69. The highest BCUT2D eigenvalue weighted by Crippen LogP contribution is 2.47. The number of aromatic nitrogens is 2. The molecule has 3 aromatic rings. The zero-order valence-corrected chi connectivity index (χ0v) is 22.3. The van der Waals surface area contributed by atoms with Gasteiger partial charge in [0.2, 0.25) is 5.95 Å². The Morgan fingerprint density at radius 1 is 1.19 bits per heavy atom. The molecule has 37 heavy (non-hydrogen) atoms. The third-order valence-corrected chi connectivity index (χ3v) is 8.54. The van der Waals surface area contributed by atoms with E-state index in [2.05, 4.69) is 41.3 Å². The Bertz CT molecular complexity index is 1410. The molecule has 0 amide bonds. The molecule has 2 aliphatic heterocycles. The molecule has 2 aromatic carbocycles. The van der Waals surface area contributed by atoms with Gasteiger partial charge in [0.15, 0.2) is 5.82 Å². The number of nitrogens with one attached hydrogen (secondary N) is 1. The normalized spacial score (nSPS) is 24.5. The van der Waals surface area contributed by atoms with Crippen LogP contribution in [0.15, 0.2) is 42.6 Å². The van der Waals surface area contributed by atoms with E-state index >= 15 is 0 Å². The molecule has 192 valence electrons. The number of rotatable bonds is 5. The first-order chi connectivity index (χ1) is 17.6. The molecule has 2 unspecified atom stereocenters. The van der Waals surface area contributed by atoms with Crippen molar-refractivity contribution >= 4 is 40.7 Å². The summed E-state index contributed by atoms with van der Waals surface area (Å²) >= 11 is 6.63. The molecule has 0 spiro atoms. The van der Waals surface area contributed by atoms with Gasteiger partial charge in [0.1, 0.15) is 5.02 Å². The number of para-hydroxylation sites is 1. The Labute approximate surface area is 222 Å². The minimum atomic E-state index is -0.826. The van der Waals surface area contributed by atoms with Crippen molar-refractivity contribution in [1.29, 1.82) is 0 Å². The fraction of sp³-hybridized carbons (Fsp3) is 0.414. The number of carboxylic acids is 1. The van der Waals surface area contributed by atoms with E-state index in [1.54, 1.807) is 6.20 Å². The van der Waals surface area contributed by atoms with Crippen molar-refractivity contribution in [3.8, 4) is 0 Å². The Morgan fingerprint density at radius 3 is 2.78 bits per heavy atom. The molecule has 3 heterocycles. The first-order valence-electron chi connectivity index (χ1n) is 12.9. The second-order valence-electron chi connectivity index (χ2n) is 11.5. The summed E-state index contributed by atoms with van der Waals surface area (Å²) in [5.41, 5.74) is 6.90. The molecule has 3 aliphatic rings. The van der Waals surface area contributed by atoms with Crippen LogP contribution in [0.4, 0.5) is 23.1 Å². The fourth-order valence-electron chi connectivity index (χ4n) is 6.98. The summed E-state index contributed by atoms with van der Waals surface area (Å²) in [4.78, 5) is 25.4. The van der Waals surface area contributed by atoms with Crippen LogP contribution in [0.2, 0.25) is 5.02 Å². The molecule has 0 bridgehead atoms. The number of aryl methyl sites for hydroxylation is 1. The molecule has 0 saturated carbocycles. The van der Waals surface area contributed by atoms with E-state index in [1.165, 1.54) is 29.5 Å².